The van der Waals surface area contributed by atoms with Gasteiger partial charge in [0.15, 0.2) is 11.6 Å². The molecule has 2 nitrogen and oxygen atoms in total. The molecular weight excluding hydrogens is 246 g/mol. The Labute approximate surface area is 110 Å². The number of halogens is 2. The van der Waals surface area contributed by atoms with E-state index in [-0.39, 0.29) is 0 Å². The van der Waals surface area contributed by atoms with Crippen LogP contribution in [-0.2, 0) is 13.0 Å². The Balaban J connectivity index is 2.10. The van der Waals surface area contributed by atoms with Crippen LogP contribution < -0.4 is 5.32 Å². The van der Waals surface area contributed by atoms with Gasteiger partial charge in [-0.1, -0.05) is 0 Å². The maximum absolute atomic E-state index is 13.3. The maximum Gasteiger partial charge on any atom is 0.159 e. The molecule has 98 valence electrons. The Morgan fingerprint density at radius 2 is 2.00 bits per heavy atom. The number of benzene rings is 1. The van der Waals surface area contributed by atoms with E-state index >= 15 is 0 Å². The summed E-state index contributed by atoms with van der Waals surface area (Å²) in [4.78, 5) is 4.59. The molecule has 0 spiro atoms. The fourth-order valence-electron chi connectivity index (χ4n) is 2.44. The molecular formula is C15H14F2N2. The molecule has 19 heavy (non-hydrogen) atoms. The average Bonchev–Trinajstić information content (AvgIpc) is 2.42. The van der Waals surface area contributed by atoms with Gasteiger partial charge in [0.1, 0.15) is 0 Å². The van der Waals surface area contributed by atoms with Gasteiger partial charge in [-0.25, -0.2) is 8.78 Å². The lowest BCUT2D eigenvalue weighted by Crippen LogP contribution is -2.25. The molecule has 1 N–H and O–H groups in total. The lowest BCUT2D eigenvalue weighted by molar-refractivity contribution is 0.509. The molecule has 0 radical (unpaired) electrons. The summed E-state index contributed by atoms with van der Waals surface area (Å²) >= 11 is 0. The second kappa shape index (κ2) is 4.70. The first kappa shape index (κ1) is 12.2. The minimum Gasteiger partial charge on any atom is -0.312 e. The van der Waals surface area contributed by atoms with Crippen molar-refractivity contribution in [3.05, 3.63) is 52.7 Å². The van der Waals surface area contributed by atoms with Crippen molar-refractivity contribution < 1.29 is 8.78 Å². The van der Waals surface area contributed by atoms with Gasteiger partial charge in [-0.05, 0) is 42.3 Å². The lowest BCUT2D eigenvalue weighted by Gasteiger charge is -2.19. The van der Waals surface area contributed by atoms with E-state index < -0.39 is 11.6 Å². The van der Waals surface area contributed by atoms with Gasteiger partial charge in [-0.15, -0.1) is 0 Å². The number of aryl methyl sites for hydroxylation is 1. The van der Waals surface area contributed by atoms with Crippen LogP contribution in [0.3, 0.4) is 0 Å². The smallest absolute Gasteiger partial charge is 0.159 e. The molecule has 0 saturated carbocycles. The van der Waals surface area contributed by atoms with Gasteiger partial charge in [-0.2, -0.15) is 0 Å². The molecule has 1 aliphatic rings. The zero-order chi connectivity index (χ0) is 13.4. The number of nitrogens with one attached hydrogen (secondary N) is 1. The van der Waals surface area contributed by atoms with Crippen LogP contribution in [0.4, 0.5) is 8.78 Å². The predicted molar refractivity (Wildman–Crippen MR) is 69.7 cm³/mol. The average molecular weight is 260 g/mol. The Morgan fingerprint density at radius 3 is 2.79 bits per heavy atom. The fraction of sp³-hybridized carbons (Fsp3) is 0.267. The van der Waals surface area contributed by atoms with Crippen molar-refractivity contribution in [1.82, 2.24) is 10.3 Å². The van der Waals surface area contributed by atoms with E-state index in [1.807, 2.05) is 13.0 Å². The van der Waals surface area contributed by atoms with Gasteiger partial charge < -0.3 is 5.32 Å². The van der Waals surface area contributed by atoms with E-state index in [4.69, 9.17) is 0 Å². The van der Waals surface area contributed by atoms with Gasteiger partial charge in [-0.3, -0.25) is 4.98 Å². The molecule has 2 heterocycles. The van der Waals surface area contributed by atoms with Gasteiger partial charge in [0.25, 0.3) is 0 Å². The van der Waals surface area contributed by atoms with Crippen molar-refractivity contribution in [1.29, 1.82) is 0 Å². The lowest BCUT2D eigenvalue weighted by atomic mass is 9.99. The normalized spacial score (nSPS) is 14.3. The quantitative estimate of drug-likeness (QED) is 0.852. The third-order valence-corrected chi connectivity index (χ3v) is 3.49. The van der Waals surface area contributed by atoms with Crippen molar-refractivity contribution in [2.24, 2.45) is 0 Å². The van der Waals surface area contributed by atoms with Crippen LogP contribution in [0, 0.1) is 18.6 Å². The first-order chi connectivity index (χ1) is 9.15. The molecule has 0 bridgehead atoms. The summed E-state index contributed by atoms with van der Waals surface area (Å²) in [6, 6.07) is 5.83. The van der Waals surface area contributed by atoms with Crippen LogP contribution in [-0.4, -0.2) is 11.5 Å². The van der Waals surface area contributed by atoms with Gasteiger partial charge in [0.2, 0.25) is 0 Å². The van der Waals surface area contributed by atoms with E-state index in [1.54, 1.807) is 6.07 Å². The van der Waals surface area contributed by atoms with Crippen LogP contribution in [0.25, 0.3) is 11.3 Å². The van der Waals surface area contributed by atoms with Crippen molar-refractivity contribution in [2.45, 2.75) is 19.9 Å². The molecule has 1 aromatic heterocycles. The van der Waals surface area contributed by atoms with Crippen molar-refractivity contribution in [2.75, 3.05) is 6.54 Å². The zero-order valence-electron chi connectivity index (χ0n) is 10.6. The number of hydrogen-bond donors (Lipinski definition) is 1. The van der Waals surface area contributed by atoms with E-state index in [0.717, 1.165) is 36.8 Å². The van der Waals surface area contributed by atoms with E-state index in [1.165, 1.54) is 11.6 Å². The number of rotatable bonds is 1. The molecule has 1 aromatic carbocycles. The van der Waals surface area contributed by atoms with Crippen molar-refractivity contribution in [3.63, 3.8) is 0 Å². The number of hydrogen-bond acceptors (Lipinski definition) is 2. The molecule has 0 fully saturated rings. The highest BCUT2D eigenvalue weighted by molar-refractivity contribution is 5.61. The van der Waals surface area contributed by atoms with Gasteiger partial charge in [0.05, 0.1) is 5.69 Å². The van der Waals surface area contributed by atoms with Crippen LogP contribution in [0.5, 0.6) is 0 Å². The van der Waals surface area contributed by atoms with Crippen LogP contribution >= 0.6 is 0 Å². The van der Waals surface area contributed by atoms with E-state index in [2.05, 4.69) is 10.3 Å². The second-order valence-corrected chi connectivity index (χ2v) is 4.81. The number of fused-ring (bicyclic) bond motifs is 1. The first-order valence-electron chi connectivity index (χ1n) is 6.30. The standard InChI is InChI=1S/C15H14F2N2/c1-9-6-15(10-2-3-12(16)13(17)7-10)19-14-4-5-18-8-11(9)14/h2-3,6-7,18H,4-5,8H2,1H3. The minimum atomic E-state index is -0.837. The Morgan fingerprint density at radius 1 is 1.16 bits per heavy atom. The van der Waals surface area contributed by atoms with Crippen molar-refractivity contribution >= 4 is 0 Å². The molecule has 0 amide bonds. The molecule has 0 saturated heterocycles. The fourth-order valence-corrected chi connectivity index (χ4v) is 2.44. The summed E-state index contributed by atoms with van der Waals surface area (Å²) in [6.45, 7) is 3.75. The van der Waals surface area contributed by atoms with Crippen LogP contribution in [0.15, 0.2) is 24.3 Å². The molecule has 1 aliphatic heterocycles. The van der Waals surface area contributed by atoms with Crippen LogP contribution in [0.2, 0.25) is 0 Å². The molecule has 0 atom stereocenters. The monoisotopic (exact) mass is 260 g/mol. The predicted octanol–water partition coefficient (Wildman–Crippen LogP) is 2.98. The van der Waals surface area contributed by atoms with E-state index in [0.29, 0.717) is 11.3 Å². The summed E-state index contributed by atoms with van der Waals surface area (Å²) in [6.07, 6.45) is 0.869. The Hall–Kier alpha value is -1.81. The maximum atomic E-state index is 13.3. The van der Waals surface area contributed by atoms with Gasteiger partial charge in [0, 0.05) is 30.8 Å². The second-order valence-electron chi connectivity index (χ2n) is 4.81. The highest BCUT2D eigenvalue weighted by atomic mass is 19.2. The third kappa shape index (κ3) is 2.24. The summed E-state index contributed by atoms with van der Waals surface area (Å²) in [5.74, 6) is -1.67. The third-order valence-electron chi connectivity index (χ3n) is 3.49. The van der Waals surface area contributed by atoms with Gasteiger partial charge >= 0.3 is 0 Å². The van der Waals surface area contributed by atoms with E-state index in [9.17, 15) is 8.78 Å². The Kier molecular flexibility index (Phi) is 3.03. The highest BCUT2D eigenvalue weighted by Crippen LogP contribution is 2.25. The highest BCUT2D eigenvalue weighted by Gasteiger charge is 2.15. The number of aromatic nitrogens is 1. The summed E-state index contributed by atoms with van der Waals surface area (Å²) in [5.41, 5.74) is 4.73. The van der Waals surface area contributed by atoms with Crippen molar-refractivity contribution in [3.8, 4) is 11.3 Å². The molecule has 0 unspecified atom stereocenters. The largest absolute Gasteiger partial charge is 0.312 e. The topological polar surface area (TPSA) is 24.9 Å². The summed E-state index contributed by atoms with van der Waals surface area (Å²) in [7, 11) is 0. The number of pyridine rings is 1. The zero-order valence-corrected chi connectivity index (χ0v) is 10.6. The molecule has 2 aromatic rings. The first-order valence-corrected chi connectivity index (χ1v) is 6.30. The van der Waals surface area contributed by atoms with Crippen LogP contribution in [0.1, 0.15) is 16.8 Å². The molecule has 0 aliphatic carbocycles. The number of nitrogens with zero attached hydrogens (tertiary/aromatic N) is 1. The minimum absolute atomic E-state index is 0.614. The SMILES string of the molecule is Cc1cc(-c2ccc(F)c(F)c2)nc2c1CNCC2. The molecule has 3 rings (SSSR count). The summed E-state index contributed by atoms with van der Waals surface area (Å²) in [5, 5.41) is 3.31. The molecule has 4 heteroatoms. The Bertz CT molecular complexity index is 638. The summed E-state index contributed by atoms with van der Waals surface area (Å²) < 4.78 is 26.3.